The number of hydrogen-bond donors (Lipinski definition) is 0. The van der Waals surface area contributed by atoms with Crippen LogP contribution in [0.4, 0.5) is 0 Å². The molecule has 1 aromatic rings. The lowest BCUT2D eigenvalue weighted by atomic mass is 10.1. The Morgan fingerprint density at radius 1 is 1.33 bits per heavy atom. The van der Waals surface area contributed by atoms with E-state index < -0.39 is 0 Å². The smallest absolute Gasteiger partial charge is 0.127 e. The minimum atomic E-state index is 0.797. The summed E-state index contributed by atoms with van der Waals surface area (Å²) in [6, 6.07) is 9.11. The first-order chi connectivity index (χ1) is 7.36. The molecule has 15 heavy (non-hydrogen) atoms. The van der Waals surface area contributed by atoms with Gasteiger partial charge in [-0.2, -0.15) is 0 Å². The van der Waals surface area contributed by atoms with E-state index in [2.05, 4.69) is 25.1 Å². The second-order valence-corrected chi connectivity index (χ2v) is 3.57. The van der Waals surface area contributed by atoms with E-state index in [1.807, 2.05) is 18.2 Å². The minimum absolute atomic E-state index is 0.797. The van der Waals surface area contributed by atoms with Crippen molar-refractivity contribution in [2.24, 2.45) is 0 Å². The topological polar surface area (TPSA) is 9.23 Å². The van der Waals surface area contributed by atoms with E-state index in [0.29, 0.717) is 0 Å². The Morgan fingerprint density at radius 2 is 2.20 bits per heavy atom. The number of allylic oxidation sites excluding steroid dienone is 1. The third-order valence-corrected chi connectivity index (χ3v) is 2.28. The molecule has 0 bridgehead atoms. The molecule has 0 saturated carbocycles. The maximum Gasteiger partial charge on any atom is 0.127 e. The number of methoxy groups -OCH3 is 1. The van der Waals surface area contributed by atoms with Crippen molar-refractivity contribution in [3.8, 4) is 5.75 Å². The molecule has 0 atom stereocenters. The molecular formula is C14H19O. The van der Waals surface area contributed by atoms with Crippen molar-refractivity contribution in [2.75, 3.05) is 7.11 Å². The van der Waals surface area contributed by atoms with Crippen LogP contribution in [0.2, 0.25) is 0 Å². The fourth-order valence-electron chi connectivity index (χ4n) is 1.40. The summed E-state index contributed by atoms with van der Waals surface area (Å²) < 4.78 is 5.11. The lowest BCUT2D eigenvalue weighted by molar-refractivity contribution is 0.414. The van der Waals surface area contributed by atoms with Gasteiger partial charge in [0.25, 0.3) is 0 Å². The van der Waals surface area contributed by atoms with Crippen LogP contribution in [-0.4, -0.2) is 7.11 Å². The fourth-order valence-corrected chi connectivity index (χ4v) is 1.40. The summed E-state index contributed by atoms with van der Waals surface area (Å²) >= 11 is 0. The Morgan fingerprint density at radius 3 is 2.93 bits per heavy atom. The van der Waals surface area contributed by atoms with Gasteiger partial charge in [0.05, 0.1) is 7.11 Å². The average Bonchev–Trinajstić information content (AvgIpc) is 2.29. The van der Waals surface area contributed by atoms with E-state index in [9.17, 15) is 0 Å². The van der Waals surface area contributed by atoms with Gasteiger partial charge in [0, 0.05) is 6.07 Å². The SMILES string of the molecule is CCCCCC=Cc1[c]c(OC)ccc1. The van der Waals surface area contributed by atoms with Crippen LogP contribution in [0.15, 0.2) is 24.3 Å². The predicted molar refractivity (Wildman–Crippen MR) is 65.0 cm³/mol. The highest BCUT2D eigenvalue weighted by molar-refractivity contribution is 5.50. The molecule has 1 heteroatoms. The van der Waals surface area contributed by atoms with Crippen LogP contribution < -0.4 is 4.74 Å². The van der Waals surface area contributed by atoms with Crippen LogP contribution in [0.5, 0.6) is 5.75 Å². The van der Waals surface area contributed by atoms with Crippen LogP contribution >= 0.6 is 0 Å². The minimum Gasteiger partial charge on any atom is -0.496 e. The second kappa shape index (κ2) is 7.10. The number of unbranched alkanes of at least 4 members (excludes halogenated alkanes) is 3. The van der Waals surface area contributed by atoms with E-state index in [1.54, 1.807) is 7.11 Å². The van der Waals surface area contributed by atoms with Crippen LogP contribution in [-0.2, 0) is 0 Å². The monoisotopic (exact) mass is 203 g/mol. The molecule has 0 N–H and O–H groups in total. The molecule has 0 amide bonds. The summed E-state index contributed by atoms with van der Waals surface area (Å²) in [6.45, 7) is 2.22. The lowest BCUT2D eigenvalue weighted by Gasteiger charge is -1.99. The van der Waals surface area contributed by atoms with Crippen molar-refractivity contribution in [1.82, 2.24) is 0 Å². The Kier molecular flexibility index (Phi) is 5.60. The molecule has 0 aliphatic heterocycles. The van der Waals surface area contributed by atoms with Gasteiger partial charge in [-0.25, -0.2) is 0 Å². The van der Waals surface area contributed by atoms with Crippen LogP contribution in [0.25, 0.3) is 6.08 Å². The first kappa shape index (κ1) is 11.8. The Labute approximate surface area is 92.8 Å². The number of hydrogen-bond acceptors (Lipinski definition) is 1. The van der Waals surface area contributed by atoms with E-state index in [4.69, 9.17) is 4.74 Å². The zero-order valence-electron chi connectivity index (χ0n) is 9.62. The molecule has 1 aromatic carbocycles. The molecule has 0 aromatic heterocycles. The zero-order chi connectivity index (χ0) is 10.9. The van der Waals surface area contributed by atoms with Crippen LogP contribution in [0.3, 0.4) is 0 Å². The quantitative estimate of drug-likeness (QED) is 0.633. The highest BCUT2D eigenvalue weighted by atomic mass is 16.5. The Hall–Kier alpha value is -1.24. The molecule has 0 aliphatic rings. The van der Waals surface area contributed by atoms with Crippen molar-refractivity contribution in [1.29, 1.82) is 0 Å². The summed E-state index contributed by atoms with van der Waals surface area (Å²) in [4.78, 5) is 0. The molecule has 0 unspecified atom stereocenters. The largest absolute Gasteiger partial charge is 0.496 e. The van der Waals surface area contributed by atoms with Gasteiger partial charge in [-0.15, -0.1) is 0 Å². The summed E-state index contributed by atoms with van der Waals surface area (Å²) in [6.07, 6.45) is 9.33. The maximum atomic E-state index is 5.11. The van der Waals surface area contributed by atoms with Crippen LogP contribution in [0.1, 0.15) is 38.2 Å². The second-order valence-electron chi connectivity index (χ2n) is 3.57. The maximum absolute atomic E-state index is 5.11. The first-order valence-corrected chi connectivity index (χ1v) is 5.59. The van der Waals surface area contributed by atoms with Gasteiger partial charge >= 0.3 is 0 Å². The molecule has 0 heterocycles. The van der Waals surface area contributed by atoms with Gasteiger partial charge in [0.2, 0.25) is 0 Å². The number of rotatable bonds is 6. The first-order valence-electron chi connectivity index (χ1n) is 5.59. The summed E-state index contributed by atoms with van der Waals surface area (Å²) in [7, 11) is 1.67. The van der Waals surface area contributed by atoms with Gasteiger partial charge in [-0.05, 0) is 24.5 Å². The lowest BCUT2D eigenvalue weighted by Crippen LogP contribution is -1.82. The van der Waals surface area contributed by atoms with Gasteiger partial charge in [-0.3, -0.25) is 0 Å². The molecule has 1 rings (SSSR count). The molecule has 0 saturated heterocycles. The molecular weight excluding hydrogens is 184 g/mol. The molecule has 0 spiro atoms. The zero-order valence-corrected chi connectivity index (χ0v) is 9.62. The standard InChI is InChI=1S/C14H19O/c1-3-4-5-6-7-9-13-10-8-11-14(12-13)15-2/h7-11H,3-6H2,1-2H3. The highest BCUT2D eigenvalue weighted by Crippen LogP contribution is 2.13. The molecule has 1 nitrogen and oxygen atoms in total. The van der Waals surface area contributed by atoms with E-state index in [-0.39, 0.29) is 0 Å². The average molecular weight is 203 g/mol. The van der Waals surface area contributed by atoms with E-state index in [0.717, 1.165) is 17.7 Å². The van der Waals surface area contributed by atoms with Crippen molar-refractivity contribution in [2.45, 2.75) is 32.6 Å². The summed E-state index contributed by atoms with van der Waals surface area (Å²) in [5.41, 5.74) is 1.09. The predicted octanol–water partition coefficient (Wildman–Crippen LogP) is 4.09. The Balaban J connectivity index is 2.41. The van der Waals surface area contributed by atoms with Crippen molar-refractivity contribution < 1.29 is 4.74 Å². The fraction of sp³-hybridized carbons (Fsp3) is 0.429. The third-order valence-electron chi connectivity index (χ3n) is 2.28. The van der Waals surface area contributed by atoms with Crippen molar-refractivity contribution in [3.63, 3.8) is 0 Å². The van der Waals surface area contributed by atoms with Gasteiger partial charge in [-0.1, -0.05) is 44.1 Å². The molecule has 0 aliphatic carbocycles. The van der Waals surface area contributed by atoms with E-state index >= 15 is 0 Å². The Bertz CT molecular complexity index is 302. The van der Waals surface area contributed by atoms with Crippen molar-refractivity contribution >= 4 is 6.08 Å². The van der Waals surface area contributed by atoms with Gasteiger partial charge in [0.1, 0.15) is 5.75 Å². The summed E-state index contributed by atoms with van der Waals surface area (Å²) in [5, 5.41) is 0. The third kappa shape index (κ3) is 4.68. The van der Waals surface area contributed by atoms with Crippen LogP contribution in [0, 0.1) is 6.07 Å². The molecule has 1 radical (unpaired) electrons. The number of benzene rings is 1. The highest BCUT2D eigenvalue weighted by Gasteiger charge is 1.91. The number of ether oxygens (including phenoxy) is 1. The van der Waals surface area contributed by atoms with E-state index in [1.165, 1.54) is 19.3 Å². The van der Waals surface area contributed by atoms with Crippen molar-refractivity contribution in [3.05, 3.63) is 35.9 Å². The summed E-state index contributed by atoms with van der Waals surface area (Å²) in [5.74, 6) is 0.797. The molecule has 81 valence electrons. The van der Waals surface area contributed by atoms with Gasteiger partial charge in [0.15, 0.2) is 0 Å². The molecule has 0 fully saturated rings. The van der Waals surface area contributed by atoms with Gasteiger partial charge < -0.3 is 4.74 Å². The normalized spacial score (nSPS) is 10.8.